The highest BCUT2D eigenvalue weighted by Gasteiger charge is 2.30. The van der Waals surface area contributed by atoms with E-state index in [-0.39, 0.29) is 23.4 Å². The van der Waals surface area contributed by atoms with Gasteiger partial charge in [-0.3, -0.25) is 4.79 Å². The molecule has 0 aliphatic rings. The van der Waals surface area contributed by atoms with Gasteiger partial charge in [-0.2, -0.15) is 13.2 Å². The third kappa shape index (κ3) is 6.04. The minimum absolute atomic E-state index is 0.0261. The van der Waals surface area contributed by atoms with Crippen molar-refractivity contribution in [2.24, 2.45) is 0 Å². The standard InChI is InChI=1S/C20H22F3NO4S/c1-13(2)29(27,28)17-9-3-14(4-10-17)11-19(26)24-12-18(25)15-5-7-16(8-6-15)20(21,22)23/h3-10,13,18,25H,11-12H2,1-2H3,(H,24,26)/t18-/m1/s1. The van der Waals surface area contributed by atoms with Crippen LogP contribution in [-0.4, -0.2) is 31.2 Å². The fourth-order valence-corrected chi connectivity index (χ4v) is 3.60. The van der Waals surface area contributed by atoms with Crippen molar-refractivity contribution >= 4 is 15.7 Å². The molecule has 0 spiro atoms. The van der Waals surface area contributed by atoms with Crippen molar-refractivity contribution in [3.63, 3.8) is 0 Å². The van der Waals surface area contributed by atoms with Crippen LogP contribution in [0.4, 0.5) is 13.2 Å². The predicted octanol–water partition coefficient (Wildman–Crippen LogP) is 3.28. The molecule has 2 aromatic rings. The Bertz CT molecular complexity index is 937. The van der Waals surface area contributed by atoms with Gasteiger partial charge in [-0.25, -0.2) is 8.42 Å². The fraction of sp³-hybridized carbons (Fsp3) is 0.350. The van der Waals surface area contributed by atoms with E-state index in [1.54, 1.807) is 26.0 Å². The lowest BCUT2D eigenvalue weighted by atomic mass is 10.1. The van der Waals surface area contributed by atoms with E-state index in [0.29, 0.717) is 5.56 Å². The van der Waals surface area contributed by atoms with Gasteiger partial charge >= 0.3 is 6.18 Å². The molecule has 0 aliphatic carbocycles. The van der Waals surface area contributed by atoms with Crippen molar-refractivity contribution < 1.29 is 31.5 Å². The van der Waals surface area contributed by atoms with E-state index < -0.39 is 38.8 Å². The summed E-state index contributed by atoms with van der Waals surface area (Å²) in [4.78, 5) is 12.2. The van der Waals surface area contributed by atoms with Crippen LogP contribution < -0.4 is 5.32 Å². The van der Waals surface area contributed by atoms with Crippen LogP contribution in [0.5, 0.6) is 0 Å². The lowest BCUT2D eigenvalue weighted by Gasteiger charge is -2.14. The first-order chi connectivity index (χ1) is 13.4. The number of hydrogen-bond donors (Lipinski definition) is 2. The molecule has 5 nitrogen and oxygen atoms in total. The predicted molar refractivity (Wildman–Crippen MR) is 102 cm³/mol. The van der Waals surface area contributed by atoms with Gasteiger partial charge in [0.1, 0.15) is 0 Å². The highest BCUT2D eigenvalue weighted by molar-refractivity contribution is 7.92. The summed E-state index contributed by atoms with van der Waals surface area (Å²) in [6, 6.07) is 10.0. The molecule has 0 saturated heterocycles. The number of amides is 1. The summed E-state index contributed by atoms with van der Waals surface area (Å²) in [6.45, 7) is 3.00. The summed E-state index contributed by atoms with van der Waals surface area (Å²) in [5.41, 5.74) is 0.0242. The summed E-state index contributed by atoms with van der Waals surface area (Å²) in [6.07, 6.45) is -5.64. The van der Waals surface area contributed by atoms with Crippen molar-refractivity contribution in [2.45, 2.75) is 42.7 Å². The first-order valence-corrected chi connectivity index (χ1v) is 10.4. The summed E-state index contributed by atoms with van der Waals surface area (Å²) in [7, 11) is -3.39. The molecule has 0 saturated carbocycles. The third-order valence-corrected chi connectivity index (χ3v) is 6.52. The molecule has 9 heteroatoms. The molecule has 0 aromatic heterocycles. The highest BCUT2D eigenvalue weighted by atomic mass is 32.2. The maximum Gasteiger partial charge on any atom is 0.416 e. The average molecular weight is 429 g/mol. The third-order valence-electron chi connectivity index (χ3n) is 4.35. The second kappa shape index (κ2) is 8.96. The second-order valence-electron chi connectivity index (χ2n) is 6.85. The van der Waals surface area contributed by atoms with Crippen molar-refractivity contribution in [1.29, 1.82) is 0 Å². The Hall–Kier alpha value is -2.39. The molecule has 0 unspecified atom stereocenters. The van der Waals surface area contributed by atoms with Crippen LogP contribution >= 0.6 is 0 Å². The highest BCUT2D eigenvalue weighted by Crippen LogP contribution is 2.29. The zero-order chi connectivity index (χ0) is 21.8. The maximum atomic E-state index is 12.6. The van der Waals surface area contributed by atoms with E-state index in [0.717, 1.165) is 24.3 Å². The number of benzene rings is 2. The van der Waals surface area contributed by atoms with Gasteiger partial charge in [0, 0.05) is 6.54 Å². The van der Waals surface area contributed by atoms with E-state index in [9.17, 15) is 31.5 Å². The van der Waals surface area contributed by atoms with Gasteiger partial charge in [-0.05, 0) is 49.2 Å². The summed E-state index contributed by atoms with van der Waals surface area (Å²) in [5, 5.41) is 12.0. The van der Waals surface area contributed by atoms with Crippen molar-refractivity contribution in [3.05, 3.63) is 65.2 Å². The summed E-state index contributed by atoms with van der Waals surface area (Å²) < 4.78 is 61.8. The van der Waals surface area contributed by atoms with Crippen molar-refractivity contribution in [3.8, 4) is 0 Å². The number of sulfone groups is 1. The Morgan fingerprint density at radius 2 is 1.59 bits per heavy atom. The molecule has 0 radical (unpaired) electrons. The number of carbonyl (C=O) groups excluding carboxylic acids is 1. The van der Waals surface area contributed by atoms with E-state index in [1.807, 2.05) is 0 Å². The zero-order valence-electron chi connectivity index (χ0n) is 15.9. The van der Waals surface area contributed by atoms with Gasteiger partial charge in [0.2, 0.25) is 5.91 Å². The second-order valence-corrected chi connectivity index (χ2v) is 9.36. The number of aliphatic hydroxyl groups excluding tert-OH is 1. The summed E-state index contributed by atoms with van der Waals surface area (Å²) >= 11 is 0. The molecule has 0 heterocycles. The lowest BCUT2D eigenvalue weighted by Crippen LogP contribution is -2.29. The molecular formula is C20H22F3NO4S. The smallest absolute Gasteiger partial charge is 0.387 e. The largest absolute Gasteiger partial charge is 0.416 e. The Kier molecular flexibility index (Phi) is 7.07. The minimum atomic E-state index is -4.46. The number of nitrogens with one attached hydrogen (secondary N) is 1. The Morgan fingerprint density at radius 3 is 2.07 bits per heavy atom. The first kappa shape index (κ1) is 22.9. The number of hydrogen-bond acceptors (Lipinski definition) is 4. The zero-order valence-corrected chi connectivity index (χ0v) is 16.7. The molecular weight excluding hydrogens is 407 g/mol. The molecule has 2 aromatic carbocycles. The molecule has 0 bridgehead atoms. The van der Waals surface area contributed by atoms with E-state index >= 15 is 0 Å². The van der Waals surface area contributed by atoms with Gasteiger partial charge in [0.25, 0.3) is 0 Å². The van der Waals surface area contributed by atoms with Crippen LogP contribution in [0.25, 0.3) is 0 Å². The van der Waals surface area contributed by atoms with Crippen LogP contribution in [0.3, 0.4) is 0 Å². The Morgan fingerprint density at radius 1 is 1.03 bits per heavy atom. The number of halogens is 3. The normalized spacial score (nSPS) is 13.3. The monoisotopic (exact) mass is 429 g/mol. The van der Waals surface area contributed by atoms with Crippen LogP contribution in [0.2, 0.25) is 0 Å². The fourth-order valence-electron chi connectivity index (χ4n) is 2.54. The van der Waals surface area contributed by atoms with Gasteiger partial charge in [0.05, 0.1) is 28.2 Å². The van der Waals surface area contributed by atoms with Gasteiger partial charge in [-0.1, -0.05) is 24.3 Å². The summed E-state index contributed by atoms with van der Waals surface area (Å²) in [5.74, 6) is -0.407. The number of carbonyl (C=O) groups is 1. The quantitative estimate of drug-likeness (QED) is 0.708. The molecule has 0 aliphatic heterocycles. The molecule has 0 fully saturated rings. The average Bonchev–Trinajstić information content (AvgIpc) is 2.66. The first-order valence-electron chi connectivity index (χ1n) is 8.86. The lowest BCUT2D eigenvalue weighted by molar-refractivity contribution is -0.137. The van der Waals surface area contributed by atoms with Crippen LogP contribution in [0, 0.1) is 0 Å². The Labute approximate surface area is 167 Å². The SMILES string of the molecule is CC(C)S(=O)(=O)c1ccc(CC(=O)NC[C@@H](O)c2ccc(C(F)(F)F)cc2)cc1. The van der Waals surface area contributed by atoms with E-state index in [4.69, 9.17) is 0 Å². The minimum Gasteiger partial charge on any atom is -0.387 e. The molecule has 29 heavy (non-hydrogen) atoms. The van der Waals surface area contributed by atoms with Crippen molar-refractivity contribution in [1.82, 2.24) is 5.32 Å². The van der Waals surface area contributed by atoms with Crippen molar-refractivity contribution in [2.75, 3.05) is 6.54 Å². The van der Waals surface area contributed by atoms with Crippen LogP contribution in [0.15, 0.2) is 53.4 Å². The van der Waals surface area contributed by atoms with E-state index in [2.05, 4.69) is 5.32 Å². The molecule has 2 N–H and O–H groups in total. The molecule has 1 amide bonds. The van der Waals surface area contributed by atoms with Gasteiger partial charge in [-0.15, -0.1) is 0 Å². The van der Waals surface area contributed by atoms with E-state index in [1.165, 1.54) is 12.1 Å². The Balaban J connectivity index is 1.91. The topological polar surface area (TPSA) is 83.5 Å². The van der Waals surface area contributed by atoms with Gasteiger partial charge in [0.15, 0.2) is 9.84 Å². The number of rotatable bonds is 7. The van der Waals surface area contributed by atoms with Crippen LogP contribution in [0.1, 0.15) is 36.6 Å². The van der Waals surface area contributed by atoms with Gasteiger partial charge < -0.3 is 10.4 Å². The molecule has 2 rings (SSSR count). The number of aliphatic hydroxyl groups is 1. The molecule has 158 valence electrons. The molecule has 1 atom stereocenters. The number of alkyl halides is 3. The van der Waals surface area contributed by atoms with Crippen LogP contribution in [-0.2, 0) is 27.2 Å². The maximum absolute atomic E-state index is 12.6.